The summed E-state index contributed by atoms with van der Waals surface area (Å²) in [6.45, 7) is 1.83. The highest BCUT2D eigenvalue weighted by Gasteiger charge is 2.44. The van der Waals surface area contributed by atoms with Crippen molar-refractivity contribution in [2.45, 2.75) is 25.8 Å². The number of likely N-dealkylation sites (N-methyl/N-ethyl adjacent to an activating group) is 1. The number of anilines is 1. The van der Waals surface area contributed by atoms with Crippen LogP contribution in [0.25, 0.3) is 0 Å². The van der Waals surface area contributed by atoms with Crippen molar-refractivity contribution < 1.29 is 19.2 Å². The zero-order valence-electron chi connectivity index (χ0n) is 12.4. The lowest BCUT2D eigenvalue weighted by molar-refractivity contribution is -0.140. The van der Waals surface area contributed by atoms with Crippen LogP contribution in [0.3, 0.4) is 0 Å². The number of hydrogen-bond donors (Lipinski definition) is 1. The Morgan fingerprint density at radius 1 is 1.36 bits per heavy atom. The van der Waals surface area contributed by atoms with Gasteiger partial charge in [0, 0.05) is 12.7 Å². The summed E-state index contributed by atoms with van der Waals surface area (Å²) in [5.41, 5.74) is 6.28. The third-order valence-electron chi connectivity index (χ3n) is 3.64. The highest BCUT2D eigenvalue weighted by molar-refractivity contribution is 6.25. The summed E-state index contributed by atoms with van der Waals surface area (Å²) in [4.78, 5) is 49.9. The molecule has 116 valence electrons. The topological polar surface area (TPSA) is 101 Å². The van der Waals surface area contributed by atoms with Gasteiger partial charge in [0.2, 0.25) is 6.41 Å². The van der Waals surface area contributed by atoms with Gasteiger partial charge < -0.3 is 5.73 Å². The summed E-state index contributed by atoms with van der Waals surface area (Å²) in [7, 11) is 1.30. The minimum atomic E-state index is -1.01. The number of rotatable bonds is 5. The van der Waals surface area contributed by atoms with Gasteiger partial charge in [-0.2, -0.15) is 0 Å². The zero-order chi connectivity index (χ0) is 16.4. The molecule has 1 heterocycles. The standard InChI is InChI=1S/C15H17N3O4/c1-3-5-11(14(21)17(2)8-19)18-13(20)9-6-4-7-10(16)12(9)15(18)22/h4,6-8,11H,3,5,16H2,1-2H3. The lowest BCUT2D eigenvalue weighted by atomic mass is 10.1. The van der Waals surface area contributed by atoms with Crippen molar-refractivity contribution in [2.24, 2.45) is 0 Å². The first kappa shape index (κ1) is 15.7. The van der Waals surface area contributed by atoms with E-state index >= 15 is 0 Å². The maximum Gasteiger partial charge on any atom is 0.264 e. The first-order valence-electron chi connectivity index (χ1n) is 6.92. The Hall–Kier alpha value is -2.70. The maximum absolute atomic E-state index is 12.5. The normalized spacial score (nSPS) is 14.7. The van der Waals surface area contributed by atoms with E-state index < -0.39 is 23.8 Å². The predicted octanol–water partition coefficient (Wildman–Crippen LogP) is 0.648. The van der Waals surface area contributed by atoms with Crippen LogP contribution in [0.15, 0.2) is 18.2 Å². The molecule has 2 N–H and O–H groups in total. The average Bonchev–Trinajstić information content (AvgIpc) is 2.76. The Morgan fingerprint density at radius 3 is 2.59 bits per heavy atom. The Labute approximate surface area is 127 Å². The first-order chi connectivity index (χ1) is 10.4. The monoisotopic (exact) mass is 303 g/mol. The molecule has 7 heteroatoms. The smallest absolute Gasteiger partial charge is 0.264 e. The van der Waals surface area contributed by atoms with Crippen LogP contribution >= 0.6 is 0 Å². The third kappa shape index (κ3) is 2.34. The molecule has 7 nitrogen and oxygen atoms in total. The molecule has 0 aliphatic carbocycles. The SMILES string of the molecule is CCCC(C(=O)N(C)C=O)N1C(=O)c2cccc(N)c2C1=O. The molecule has 22 heavy (non-hydrogen) atoms. The van der Waals surface area contributed by atoms with E-state index in [1.54, 1.807) is 6.07 Å². The van der Waals surface area contributed by atoms with Gasteiger partial charge in [0.1, 0.15) is 6.04 Å². The second-order valence-corrected chi connectivity index (χ2v) is 5.11. The number of fused-ring (bicyclic) bond motifs is 1. The number of carbonyl (C=O) groups excluding carboxylic acids is 4. The molecule has 1 aromatic carbocycles. The van der Waals surface area contributed by atoms with Crippen molar-refractivity contribution in [1.29, 1.82) is 0 Å². The number of nitrogen functional groups attached to an aromatic ring is 1. The number of carbonyl (C=O) groups is 4. The predicted molar refractivity (Wildman–Crippen MR) is 78.9 cm³/mol. The van der Waals surface area contributed by atoms with Gasteiger partial charge in [-0.1, -0.05) is 19.4 Å². The Balaban J connectivity index is 2.45. The van der Waals surface area contributed by atoms with Crippen LogP contribution in [0.4, 0.5) is 5.69 Å². The number of nitrogens with zero attached hydrogens (tertiary/aromatic N) is 2. The van der Waals surface area contributed by atoms with Crippen molar-refractivity contribution in [2.75, 3.05) is 12.8 Å². The van der Waals surface area contributed by atoms with E-state index in [9.17, 15) is 19.2 Å². The number of hydrogen-bond acceptors (Lipinski definition) is 5. The molecule has 0 spiro atoms. The molecule has 1 unspecified atom stereocenters. The molecule has 1 atom stereocenters. The van der Waals surface area contributed by atoms with E-state index in [0.717, 1.165) is 9.80 Å². The summed E-state index contributed by atoms with van der Waals surface area (Å²) < 4.78 is 0. The second-order valence-electron chi connectivity index (χ2n) is 5.11. The summed E-state index contributed by atoms with van der Waals surface area (Å²) in [6.07, 6.45) is 1.21. The summed E-state index contributed by atoms with van der Waals surface area (Å²) in [6, 6.07) is 3.61. The molecule has 0 fully saturated rings. The van der Waals surface area contributed by atoms with Gasteiger partial charge in [0.15, 0.2) is 0 Å². The van der Waals surface area contributed by atoms with Crippen molar-refractivity contribution >= 4 is 29.8 Å². The lowest BCUT2D eigenvalue weighted by Gasteiger charge is -2.26. The molecule has 1 aliphatic heterocycles. The fourth-order valence-electron chi connectivity index (χ4n) is 2.54. The van der Waals surface area contributed by atoms with Gasteiger partial charge >= 0.3 is 0 Å². The minimum absolute atomic E-state index is 0.121. The highest BCUT2D eigenvalue weighted by Crippen LogP contribution is 2.30. The molecule has 0 saturated heterocycles. The molecule has 0 radical (unpaired) electrons. The molecule has 0 aromatic heterocycles. The van der Waals surface area contributed by atoms with Gasteiger partial charge in [-0.3, -0.25) is 29.0 Å². The van der Waals surface area contributed by atoms with Gasteiger partial charge in [0.25, 0.3) is 17.7 Å². The molecular weight excluding hydrogens is 286 g/mol. The zero-order valence-corrected chi connectivity index (χ0v) is 12.4. The Bertz CT molecular complexity index is 656. The number of imide groups is 2. The second kappa shape index (κ2) is 5.97. The fraction of sp³-hybridized carbons (Fsp3) is 0.333. The molecular formula is C15H17N3O4. The molecule has 0 bridgehead atoms. The van der Waals surface area contributed by atoms with E-state index in [2.05, 4.69) is 0 Å². The van der Waals surface area contributed by atoms with Crippen LogP contribution in [0, 0.1) is 0 Å². The summed E-state index contributed by atoms with van der Waals surface area (Å²) in [5.74, 6) is -1.74. The van der Waals surface area contributed by atoms with Crippen molar-refractivity contribution in [3.05, 3.63) is 29.3 Å². The van der Waals surface area contributed by atoms with Gasteiger partial charge in [-0.05, 0) is 18.6 Å². The van der Waals surface area contributed by atoms with Crippen LogP contribution in [0.1, 0.15) is 40.5 Å². The summed E-state index contributed by atoms with van der Waals surface area (Å²) in [5, 5.41) is 0. The van der Waals surface area contributed by atoms with Crippen LogP contribution in [0.2, 0.25) is 0 Å². The van der Waals surface area contributed by atoms with Crippen molar-refractivity contribution in [1.82, 2.24) is 9.80 Å². The molecule has 1 aliphatic rings. The Morgan fingerprint density at radius 2 is 2.05 bits per heavy atom. The van der Waals surface area contributed by atoms with Gasteiger partial charge in [0.05, 0.1) is 11.1 Å². The largest absolute Gasteiger partial charge is 0.398 e. The van der Waals surface area contributed by atoms with E-state index in [1.165, 1.54) is 19.2 Å². The van der Waals surface area contributed by atoms with E-state index in [-0.39, 0.29) is 23.2 Å². The highest BCUT2D eigenvalue weighted by atomic mass is 16.2. The van der Waals surface area contributed by atoms with Crippen LogP contribution in [0.5, 0.6) is 0 Å². The number of nitrogens with two attached hydrogens (primary N) is 1. The lowest BCUT2D eigenvalue weighted by Crippen LogP contribution is -2.49. The van der Waals surface area contributed by atoms with E-state index in [0.29, 0.717) is 12.8 Å². The molecule has 4 amide bonds. The fourth-order valence-corrected chi connectivity index (χ4v) is 2.54. The van der Waals surface area contributed by atoms with E-state index in [1.807, 2.05) is 6.92 Å². The van der Waals surface area contributed by atoms with Crippen LogP contribution in [-0.4, -0.2) is 47.0 Å². The first-order valence-corrected chi connectivity index (χ1v) is 6.92. The van der Waals surface area contributed by atoms with Crippen LogP contribution in [-0.2, 0) is 9.59 Å². The van der Waals surface area contributed by atoms with Gasteiger partial charge in [-0.15, -0.1) is 0 Å². The number of amides is 4. The molecule has 2 rings (SSSR count). The van der Waals surface area contributed by atoms with Gasteiger partial charge in [-0.25, -0.2) is 0 Å². The quantitative estimate of drug-likeness (QED) is 0.489. The molecule has 1 aromatic rings. The molecule has 0 saturated carbocycles. The van der Waals surface area contributed by atoms with Crippen LogP contribution < -0.4 is 5.73 Å². The third-order valence-corrected chi connectivity index (χ3v) is 3.64. The summed E-state index contributed by atoms with van der Waals surface area (Å²) >= 11 is 0. The van der Waals surface area contributed by atoms with Crippen molar-refractivity contribution in [3.8, 4) is 0 Å². The maximum atomic E-state index is 12.5. The number of benzene rings is 1. The average molecular weight is 303 g/mol. The van der Waals surface area contributed by atoms with Crippen molar-refractivity contribution in [3.63, 3.8) is 0 Å². The minimum Gasteiger partial charge on any atom is -0.398 e. The Kier molecular flexibility index (Phi) is 4.25. The van der Waals surface area contributed by atoms with E-state index in [4.69, 9.17) is 5.73 Å².